The second-order valence-electron chi connectivity index (χ2n) is 3.86. The summed E-state index contributed by atoms with van der Waals surface area (Å²) in [6.07, 6.45) is 1.55. The summed E-state index contributed by atoms with van der Waals surface area (Å²) in [6.45, 7) is 6.70. The minimum atomic E-state index is -0.259. The van der Waals surface area contributed by atoms with Crippen molar-refractivity contribution >= 4 is 11.6 Å². The summed E-state index contributed by atoms with van der Waals surface area (Å²) in [5.41, 5.74) is 1.98. The molecule has 17 heavy (non-hydrogen) atoms. The van der Waals surface area contributed by atoms with Crippen molar-refractivity contribution in [3.63, 3.8) is 0 Å². The molecule has 1 aromatic rings. The number of benzene rings is 1. The summed E-state index contributed by atoms with van der Waals surface area (Å²) in [6, 6.07) is 7.77. The fourth-order valence-corrected chi connectivity index (χ4v) is 1.73. The van der Waals surface area contributed by atoms with Gasteiger partial charge >= 0.3 is 0 Å². The molecule has 0 spiro atoms. The molecule has 1 amide bonds. The summed E-state index contributed by atoms with van der Waals surface area (Å²) in [5, 5.41) is 2.86. The van der Waals surface area contributed by atoms with Gasteiger partial charge in [0.15, 0.2) is 0 Å². The Morgan fingerprint density at radius 2 is 2.18 bits per heavy atom. The molecule has 0 aliphatic carbocycles. The molecule has 1 heterocycles. The number of hydrogen-bond donors (Lipinski definition) is 1. The smallest absolute Gasteiger partial charge is 0.253 e. The van der Waals surface area contributed by atoms with Crippen LogP contribution in [0.5, 0.6) is 0 Å². The van der Waals surface area contributed by atoms with Crippen molar-refractivity contribution < 1.29 is 9.53 Å². The number of hydrogen-bond acceptors (Lipinski definition) is 2. The van der Waals surface area contributed by atoms with Crippen LogP contribution in [0.1, 0.15) is 32.3 Å². The molecule has 0 radical (unpaired) electrons. The van der Waals surface area contributed by atoms with E-state index in [1.165, 1.54) is 0 Å². The summed E-state index contributed by atoms with van der Waals surface area (Å²) < 4.78 is 5.31. The minimum Gasteiger partial charge on any atom is -0.368 e. The Morgan fingerprint density at radius 1 is 1.41 bits per heavy atom. The molecular weight excluding hydrogens is 214 g/mol. The van der Waals surface area contributed by atoms with Crippen LogP contribution in [0.25, 0.3) is 0 Å². The van der Waals surface area contributed by atoms with Crippen LogP contribution in [0.2, 0.25) is 0 Å². The molecule has 3 heteroatoms. The Labute approximate surface area is 103 Å². The lowest BCUT2D eigenvalue weighted by atomic mass is 10.2. The number of rotatable bonds is 2. The third-order valence-electron chi connectivity index (χ3n) is 2.51. The number of ether oxygens (including phenoxy) is 1. The van der Waals surface area contributed by atoms with Gasteiger partial charge in [0.25, 0.3) is 5.91 Å². The number of carbonyl (C=O) groups is 1. The zero-order valence-electron chi connectivity index (χ0n) is 10.8. The molecule has 0 aromatic heterocycles. The van der Waals surface area contributed by atoms with Crippen LogP contribution in [0.15, 0.2) is 24.3 Å². The molecule has 3 nitrogen and oxygen atoms in total. The molecule has 1 fully saturated rings. The zero-order valence-corrected chi connectivity index (χ0v) is 10.8. The Kier molecular flexibility index (Phi) is 5.70. The van der Waals surface area contributed by atoms with Gasteiger partial charge in [0.1, 0.15) is 6.10 Å². The molecule has 1 unspecified atom stereocenters. The second kappa shape index (κ2) is 7.07. The Balaban J connectivity index is 0.000000686. The molecule has 1 atom stereocenters. The van der Waals surface area contributed by atoms with Gasteiger partial charge in [-0.25, -0.2) is 0 Å². The van der Waals surface area contributed by atoms with E-state index in [1.54, 1.807) is 0 Å². The highest BCUT2D eigenvalue weighted by molar-refractivity contribution is 5.94. The third-order valence-corrected chi connectivity index (χ3v) is 2.51. The predicted octanol–water partition coefficient (Wildman–Crippen LogP) is 3.14. The maximum absolute atomic E-state index is 11.7. The third kappa shape index (κ3) is 4.19. The van der Waals surface area contributed by atoms with E-state index in [-0.39, 0.29) is 12.0 Å². The van der Waals surface area contributed by atoms with Crippen molar-refractivity contribution in [3.8, 4) is 0 Å². The van der Waals surface area contributed by atoms with Gasteiger partial charge in [-0.15, -0.1) is 0 Å². The molecule has 1 aromatic carbocycles. The lowest BCUT2D eigenvalue weighted by Crippen LogP contribution is -2.26. The Bertz CT molecular complexity index is 357. The zero-order chi connectivity index (χ0) is 12.7. The topological polar surface area (TPSA) is 38.3 Å². The number of aryl methyl sites for hydroxylation is 1. The highest BCUT2D eigenvalue weighted by Crippen LogP contribution is 2.15. The molecule has 0 bridgehead atoms. The van der Waals surface area contributed by atoms with Crippen molar-refractivity contribution in [2.45, 2.75) is 39.7 Å². The molecular formula is C14H21NO2. The van der Waals surface area contributed by atoms with Crippen LogP contribution in [0.3, 0.4) is 0 Å². The van der Waals surface area contributed by atoms with Gasteiger partial charge in [0, 0.05) is 12.3 Å². The first-order valence-corrected chi connectivity index (χ1v) is 6.25. The molecule has 1 N–H and O–H groups in total. The van der Waals surface area contributed by atoms with Gasteiger partial charge in [-0.2, -0.15) is 0 Å². The van der Waals surface area contributed by atoms with Gasteiger partial charge in [-0.3, -0.25) is 4.79 Å². The first kappa shape index (κ1) is 13.7. The van der Waals surface area contributed by atoms with Crippen LogP contribution >= 0.6 is 0 Å². The number of carbonyl (C=O) groups excluding carboxylic acids is 1. The second-order valence-corrected chi connectivity index (χ2v) is 3.86. The van der Waals surface area contributed by atoms with Crippen LogP contribution in [0, 0.1) is 6.92 Å². The van der Waals surface area contributed by atoms with Crippen molar-refractivity contribution in [1.82, 2.24) is 0 Å². The van der Waals surface area contributed by atoms with Gasteiger partial charge in [-0.05, 0) is 37.5 Å². The van der Waals surface area contributed by atoms with E-state index in [4.69, 9.17) is 4.74 Å². The van der Waals surface area contributed by atoms with E-state index in [0.717, 1.165) is 24.1 Å². The van der Waals surface area contributed by atoms with E-state index < -0.39 is 0 Å². The standard InChI is InChI=1S/C12H15NO2.C2H6/c1-9-4-2-5-10(8-9)13-12(14)11-6-3-7-15-11;1-2/h2,4-5,8,11H,3,6-7H2,1H3,(H,13,14);1-2H3. The number of nitrogens with one attached hydrogen (secondary N) is 1. The number of amides is 1. The van der Waals surface area contributed by atoms with Gasteiger partial charge in [0.05, 0.1) is 0 Å². The largest absolute Gasteiger partial charge is 0.368 e. The van der Waals surface area contributed by atoms with E-state index in [9.17, 15) is 4.79 Å². The average Bonchev–Trinajstić information content (AvgIpc) is 2.85. The maximum Gasteiger partial charge on any atom is 0.253 e. The van der Waals surface area contributed by atoms with E-state index in [0.29, 0.717) is 6.61 Å². The first-order valence-electron chi connectivity index (χ1n) is 6.25. The molecule has 0 saturated carbocycles. The summed E-state index contributed by atoms with van der Waals surface area (Å²) >= 11 is 0. The van der Waals surface area contributed by atoms with Crippen molar-refractivity contribution in [1.29, 1.82) is 0 Å². The minimum absolute atomic E-state index is 0.0295. The van der Waals surface area contributed by atoms with Crippen molar-refractivity contribution in [3.05, 3.63) is 29.8 Å². The Hall–Kier alpha value is -1.35. The number of anilines is 1. The lowest BCUT2D eigenvalue weighted by molar-refractivity contribution is -0.124. The fraction of sp³-hybridized carbons (Fsp3) is 0.500. The predicted molar refractivity (Wildman–Crippen MR) is 70.1 cm³/mol. The Morgan fingerprint density at radius 3 is 2.76 bits per heavy atom. The molecule has 1 aliphatic rings. The molecule has 1 saturated heterocycles. The fourth-order valence-electron chi connectivity index (χ4n) is 1.73. The summed E-state index contributed by atoms with van der Waals surface area (Å²) in [4.78, 5) is 11.7. The van der Waals surface area contributed by atoms with Crippen LogP contribution < -0.4 is 5.32 Å². The SMILES string of the molecule is CC.Cc1cccc(NC(=O)C2CCCO2)c1. The highest BCUT2D eigenvalue weighted by atomic mass is 16.5. The first-order chi connectivity index (χ1) is 8.25. The van der Waals surface area contributed by atoms with Crippen LogP contribution in [0.4, 0.5) is 5.69 Å². The molecule has 2 rings (SSSR count). The molecule has 94 valence electrons. The normalized spacial score (nSPS) is 18.2. The summed E-state index contributed by atoms with van der Waals surface area (Å²) in [7, 11) is 0. The van der Waals surface area contributed by atoms with E-state index in [2.05, 4.69) is 5.32 Å². The van der Waals surface area contributed by atoms with E-state index >= 15 is 0 Å². The van der Waals surface area contributed by atoms with Crippen LogP contribution in [-0.4, -0.2) is 18.6 Å². The monoisotopic (exact) mass is 235 g/mol. The van der Waals surface area contributed by atoms with Gasteiger partial charge < -0.3 is 10.1 Å². The van der Waals surface area contributed by atoms with E-state index in [1.807, 2.05) is 45.0 Å². The van der Waals surface area contributed by atoms with Crippen molar-refractivity contribution in [2.24, 2.45) is 0 Å². The maximum atomic E-state index is 11.7. The van der Waals surface area contributed by atoms with Gasteiger partial charge in [0.2, 0.25) is 0 Å². The molecule has 1 aliphatic heterocycles. The average molecular weight is 235 g/mol. The van der Waals surface area contributed by atoms with Gasteiger partial charge in [-0.1, -0.05) is 26.0 Å². The summed E-state index contributed by atoms with van der Waals surface area (Å²) in [5.74, 6) is -0.0295. The highest BCUT2D eigenvalue weighted by Gasteiger charge is 2.23. The van der Waals surface area contributed by atoms with Crippen molar-refractivity contribution in [2.75, 3.05) is 11.9 Å². The van der Waals surface area contributed by atoms with Crippen LogP contribution in [-0.2, 0) is 9.53 Å². The lowest BCUT2D eigenvalue weighted by Gasteiger charge is -2.10. The quantitative estimate of drug-likeness (QED) is 0.855.